The SMILES string of the molecule is CN(CC(=O)NCc1ccco1)C(=O)/C=C/c1ccc(C#N)cc1. The van der Waals surface area contributed by atoms with Gasteiger partial charge in [-0.05, 0) is 35.9 Å². The lowest BCUT2D eigenvalue weighted by atomic mass is 10.1. The summed E-state index contributed by atoms with van der Waals surface area (Å²) in [4.78, 5) is 25.1. The van der Waals surface area contributed by atoms with Gasteiger partial charge in [-0.25, -0.2) is 0 Å². The van der Waals surface area contributed by atoms with E-state index >= 15 is 0 Å². The second-order valence-electron chi connectivity index (χ2n) is 5.12. The fourth-order valence-corrected chi connectivity index (χ4v) is 1.91. The van der Waals surface area contributed by atoms with E-state index in [2.05, 4.69) is 5.32 Å². The number of furan rings is 1. The summed E-state index contributed by atoms with van der Waals surface area (Å²) in [5.41, 5.74) is 1.36. The van der Waals surface area contributed by atoms with Crippen molar-refractivity contribution in [3.63, 3.8) is 0 Å². The van der Waals surface area contributed by atoms with Crippen molar-refractivity contribution in [1.29, 1.82) is 5.26 Å². The summed E-state index contributed by atoms with van der Waals surface area (Å²) in [7, 11) is 1.55. The topological polar surface area (TPSA) is 86.3 Å². The highest BCUT2D eigenvalue weighted by Crippen LogP contribution is 2.05. The molecule has 6 nitrogen and oxygen atoms in total. The molecule has 0 fully saturated rings. The molecular formula is C18H17N3O3. The van der Waals surface area contributed by atoms with Gasteiger partial charge in [-0.2, -0.15) is 5.26 Å². The van der Waals surface area contributed by atoms with Crippen molar-refractivity contribution in [1.82, 2.24) is 10.2 Å². The predicted octanol–water partition coefficient (Wildman–Crippen LogP) is 1.94. The number of nitriles is 1. The molecule has 2 aromatic rings. The van der Waals surface area contributed by atoms with Gasteiger partial charge < -0.3 is 14.6 Å². The van der Waals surface area contributed by atoms with Gasteiger partial charge in [0.25, 0.3) is 0 Å². The summed E-state index contributed by atoms with van der Waals surface area (Å²) in [6.07, 6.45) is 4.56. The Hall–Kier alpha value is -3.33. The molecule has 2 rings (SSSR count). The molecule has 24 heavy (non-hydrogen) atoms. The van der Waals surface area contributed by atoms with Crippen molar-refractivity contribution in [3.8, 4) is 6.07 Å². The van der Waals surface area contributed by atoms with Crippen molar-refractivity contribution in [2.45, 2.75) is 6.54 Å². The number of amides is 2. The highest BCUT2D eigenvalue weighted by atomic mass is 16.3. The molecule has 6 heteroatoms. The number of carbonyl (C=O) groups excluding carboxylic acids is 2. The van der Waals surface area contributed by atoms with Crippen molar-refractivity contribution >= 4 is 17.9 Å². The first-order chi connectivity index (χ1) is 11.6. The normalized spacial score (nSPS) is 10.3. The number of likely N-dealkylation sites (N-methyl/N-ethyl adjacent to an activating group) is 1. The van der Waals surface area contributed by atoms with Crippen LogP contribution < -0.4 is 5.32 Å². The van der Waals surface area contributed by atoms with Crippen molar-refractivity contribution in [3.05, 3.63) is 65.6 Å². The van der Waals surface area contributed by atoms with Gasteiger partial charge in [-0.15, -0.1) is 0 Å². The predicted molar refractivity (Wildman–Crippen MR) is 88.4 cm³/mol. The summed E-state index contributed by atoms with van der Waals surface area (Å²) in [6, 6.07) is 12.4. The Morgan fingerprint density at radius 3 is 2.67 bits per heavy atom. The zero-order chi connectivity index (χ0) is 17.4. The molecule has 0 saturated heterocycles. The minimum absolute atomic E-state index is 0.0444. The molecule has 0 radical (unpaired) electrons. The lowest BCUT2D eigenvalue weighted by Gasteiger charge is -2.14. The van der Waals surface area contributed by atoms with Gasteiger partial charge in [0, 0.05) is 13.1 Å². The van der Waals surface area contributed by atoms with Crippen molar-refractivity contribution in [2.75, 3.05) is 13.6 Å². The first-order valence-corrected chi connectivity index (χ1v) is 7.31. The van der Waals surface area contributed by atoms with Crippen LogP contribution in [-0.4, -0.2) is 30.3 Å². The Labute approximate surface area is 140 Å². The zero-order valence-corrected chi connectivity index (χ0v) is 13.2. The van der Waals surface area contributed by atoms with Crippen LogP contribution in [0.4, 0.5) is 0 Å². The Morgan fingerprint density at radius 2 is 2.04 bits per heavy atom. The van der Waals surface area contributed by atoms with Crippen LogP contribution in [0, 0.1) is 11.3 Å². The maximum atomic E-state index is 12.0. The molecule has 1 aromatic carbocycles. The van der Waals surface area contributed by atoms with Crippen LogP contribution in [0.1, 0.15) is 16.9 Å². The molecule has 1 heterocycles. The molecule has 1 N–H and O–H groups in total. The van der Waals surface area contributed by atoms with E-state index in [0.717, 1.165) is 5.56 Å². The second kappa shape index (κ2) is 8.34. The van der Waals surface area contributed by atoms with Gasteiger partial charge in [0.15, 0.2) is 0 Å². The van der Waals surface area contributed by atoms with Crippen LogP contribution in [0.3, 0.4) is 0 Å². The smallest absolute Gasteiger partial charge is 0.246 e. The fraction of sp³-hybridized carbons (Fsp3) is 0.167. The maximum absolute atomic E-state index is 12.0. The molecule has 0 spiro atoms. The molecule has 2 amide bonds. The van der Waals surface area contributed by atoms with E-state index in [4.69, 9.17) is 9.68 Å². The van der Waals surface area contributed by atoms with E-state index in [-0.39, 0.29) is 24.9 Å². The van der Waals surface area contributed by atoms with E-state index in [1.165, 1.54) is 17.2 Å². The molecule has 1 aromatic heterocycles. The van der Waals surface area contributed by atoms with Gasteiger partial charge in [0.1, 0.15) is 5.76 Å². The summed E-state index contributed by atoms with van der Waals surface area (Å²) in [5, 5.41) is 11.4. The number of nitrogens with one attached hydrogen (secondary N) is 1. The Balaban J connectivity index is 1.81. The molecule has 0 aliphatic rings. The van der Waals surface area contributed by atoms with Gasteiger partial charge in [-0.1, -0.05) is 12.1 Å². The summed E-state index contributed by atoms with van der Waals surface area (Å²) in [6.45, 7) is 0.242. The number of rotatable bonds is 6. The molecular weight excluding hydrogens is 306 g/mol. The Bertz CT molecular complexity index is 756. The fourth-order valence-electron chi connectivity index (χ4n) is 1.91. The molecule has 0 saturated carbocycles. The van der Waals surface area contributed by atoms with Crippen LogP contribution in [0.15, 0.2) is 53.2 Å². The largest absolute Gasteiger partial charge is 0.467 e. The third kappa shape index (κ3) is 5.14. The van der Waals surface area contributed by atoms with E-state index in [1.807, 2.05) is 6.07 Å². The van der Waals surface area contributed by atoms with Crippen LogP contribution in [0.25, 0.3) is 6.08 Å². The number of nitrogens with zero attached hydrogens (tertiary/aromatic N) is 2. The number of hydrogen-bond donors (Lipinski definition) is 1. The zero-order valence-electron chi connectivity index (χ0n) is 13.2. The maximum Gasteiger partial charge on any atom is 0.246 e. The monoisotopic (exact) mass is 323 g/mol. The molecule has 122 valence electrons. The summed E-state index contributed by atoms with van der Waals surface area (Å²) in [5.74, 6) is 0.0968. The molecule has 0 aliphatic heterocycles. The highest BCUT2D eigenvalue weighted by Gasteiger charge is 2.10. The minimum Gasteiger partial charge on any atom is -0.467 e. The molecule has 0 aliphatic carbocycles. The summed E-state index contributed by atoms with van der Waals surface area (Å²) >= 11 is 0. The molecule has 0 atom stereocenters. The first-order valence-electron chi connectivity index (χ1n) is 7.31. The number of hydrogen-bond acceptors (Lipinski definition) is 4. The molecule has 0 unspecified atom stereocenters. The standard InChI is InChI=1S/C18H17N3O3/c1-21(13-17(22)20-12-16-3-2-10-24-16)18(23)9-8-14-4-6-15(11-19)7-5-14/h2-10H,12-13H2,1H3,(H,20,22)/b9-8+. The number of benzene rings is 1. The van der Waals surface area contributed by atoms with Gasteiger partial charge >= 0.3 is 0 Å². The average Bonchev–Trinajstić information content (AvgIpc) is 3.11. The van der Waals surface area contributed by atoms with Gasteiger partial charge in [-0.3, -0.25) is 9.59 Å². The van der Waals surface area contributed by atoms with Crippen LogP contribution >= 0.6 is 0 Å². The van der Waals surface area contributed by atoms with Crippen molar-refractivity contribution < 1.29 is 14.0 Å². The minimum atomic E-state index is -0.285. The van der Waals surface area contributed by atoms with Crippen LogP contribution in [0.2, 0.25) is 0 Å². The third-order valence-corrected chi connectivity index (χ3v) is 3.26. The van der Waals surface area contributed by atoms with Crippen molar-refractivity contribution in [2.24, 2.45) is 0 Å². The average molecular weight is 323 g/mol. The van der Waals surface area contributed by atoms with Crippen LogP contribution in [-0.2, 0) is 16.1 Å². The quantitative estimate of drug-likeness (QED) is 0.823. The second-order valence-corrected chi connectivity index (χ2v) is 5.12. The molecule has 0 bridgehead atoms. The van der Waals surface area contributed by atoms with E-state index < -0.39 is 0 Å². The summed E-state index contributed by atoms with van der Waals surface area (Å²) < 4.78 is 5.11. The van der Waals surface area contributed by atoms with Gasteiger partial charge in [0.2, 0.25) is 11.8 Å². The van der Waals surface area contributed by atoms with Crippen LogP contribution in [0.5, 0.6) is 0 Å². The van der Waals surface area contributed by atoms with Gasteiger partial charge in [0.05, 0.1) is 31.0 Å². The lowest BCUT2D eigenvalue weighted by molar-refractivity contribution is -0.131. The first kappa shape index (κ1) is 17.0. The highest BCUT2D eigenvalue weighted by molar-refractivity contribution is 5.94. The van der Waals surface area contributed by atoms with E-state index in [9.17, 15) is 9.59 Å². The lowest BCUT2D eigenvalue weighted by Crippen LogP contribution is -2.37. The van der Waals surface area contributed by atoms with E-state index in [0.29, 0.717) is 11.3 Å². The Morgan fingerprint density at radius 1 is 1.29 bits per heavy atom. The van der Waals surface area contributed by atoms with E-state index in [1.54, 1.807) is 49.5 Å². The Kier molecular flexibility index (Phi) is 5.92. The third-order valence-electron chi connectivity index (χ3n) is 3.26. The number of carbonyl (C=O) groups is 2.